The van der Waals surface area contributed by atoms with E-state index < -0.39 is 6.10 Å². The molecule has 4 heteroatoms. The van der Waals surface area contributed by atoms with Gasteiger partial charge in [0.25, 0.3) is 0 Å². The monoisotopic (exact) mass is 221 g/mol. The summed E-state index contributed by atoms with van der Waals surface area (Å²) in [7, 11) is 0. The van der Waals surface area contributed by atoms with Gasteiger partial charge in [0.1, 0.15) is 5.75 Å². The van der Waals surface area contributed by atoms with Crippen molar-refractivity contribution in [1.29, 1.82) is 0 Å². The molecule has 0 aromatic heterocycles. The van der Waals surface area contributed by atoms with Crippen molar-refractivity contribution in [3.8, 4) is 5.75 Å². The molecular formula is C12H15NO3. The van der Waals surface area contributed by atoms with Crippen molar-refractivity contribution in [3.05, 3.63) is 29.8 Å². The second kappa shape index (κ2) is 4.99. The van der Waals surface area contributed by atoms with Crippen LogP contribution in [0.25, 0.3) is 0 Å². The summed E-state index contributed by atoms with van der Waals surface area (Å²) in [5.41, 5.74) is 6.63. The fourth-order valence-electron chi connectivity index (χ4n) is 1.65. The van der Waals surface area contributed by atoms with Crippen LogP contribution in [0.15, 0.2) is 24.3 Å². The Morgan fingerprint density at radius 1 is 1.38 bits per heavy atom. The largest absolute Gasteiger partial charge is 0.479 e. The van der Waals surface area contributed by atoms with Crippen LogP contribution < -0.4 is 10.5 Å². The van der Waals surface area contributed by atoms with Crippen LogP contribution in [0.5, 0.6) is 5.75 Å². The van der Waals surface area contributed by atoms with Crippen LogP contribution in [0.1, 0.15) is 12.0 Å². The number of esters is 1. The molecule has 1 aromatic carbocycles. The number of carbonyl (C=O) groups excluding carboxylic acids is 1. The predicted octanol–water partition coefficient (Wildman–Crippen LogP) is 0.882. The Morgan fingerprint density at radius 3 is 2.69 bits per heavy atom. The van der Waals surface area contributed by atoms with E-state index in [1.165, 1.54) is 5.56 Å². The second-order valence-corrected chi connectivity index (χ2v) is 3.75. The lowest BCUT2D eigenvalue weighted by Crippen LogP contribution is -2.21. The van der Waals surface area contributed by atoms with Gasteiger partial charge in [0.2, 0.25) is 0 Å². The Kier molecular flexibility index (Phi) is 3.41. The standard InChI is InChI=1S/C12H15NO3/c13-7-5-9-1-3-10(4-2-9)16-11-6-8-15-12(11)14/h1-4,11H,5-8,13H2. The minimum Gasteiger partial charge on any atom is -0.479 e. The summed E-state index contributed by atoms with van der Waals surface area (Å²) in [6.07, 6.45) is 1.04. The molecule has 0 spiro atoms. The Hall–Kier alpha value is -1.55. The predicted molar refractivity (Wildman–Crippen MR) is 59.2 cm³/mol. The summed E-state index contributed by atoms with van der Waals surface area (Å²) in [4.78, 5) is 11.2. The molecule has 1 heterocycles. The Labute approximate surface area is 94.3 Å². The van der Waals surface area contributed by atoms with Gasteiger partial charge in [-0.2, -0.15) is 0 Å². The van der Waals surface area contributed by atoms with Crippen molar-refractivity contribution in [2.45, 2.75) is 18.9 Å². The van der Waals surface area contributed by atoms with Crippen molar-refractivity contribution in [2.24, 2.45) is 5.73 Å². The van der Waals surface area contributed by atoms with Crippen LogP contribution in [0.4, 0.5) is 0 Å². The van der Waals surface area contributed by atoms with Crippen LogP contribution in [-0.2, 0) is 16.0 Å². The van der Waals surface area contributed by atoms with Gasteiger partial charge in [-0.15, -0.1) is 0 Å². The summed E-state index contributed by atoms with van der Waals surface area (Å²) in [6.45, 7) is 1.09. The van der Waals surface area contributed by atoms with Crippen molar-refractivity contribution in [3.63, 3.8) is 0 Å². The van der Waals surface area contributed by atoms with Crippen molar-refractivity contribution in [2.75, 3.05) is 13.2 Å². The van der Waals surface area contributed by atoms with E-state index in [0.29, 0.717) is 25.3 Å². The van der Waals surface area contributed by atoms with Gasteiger partial charge in [-0.3, -0.25) is 0 Å². The summed E-state index contributed by atoms with van der Waals surface area (Å²) < 4.78 is 10.3. The third-order valence-corrected chi connectivity index (χ3v) is 2.52. The lowest BCUT2D eigenvalue weighted by molar-refractivity contribution is -0.143. The zero-order valence-corrected chi connectivity index (χ0v) is 9.02. The molecule has 1 aliphatic rings. The quantitative estimate of drug-likeness (QED) is 0.767. The first-order chi connectivity index (χ1) is 7.79. The zero-order chi connectivity index (χ0) is 11.4. The first-order valence-corrected chi connectivity index (χ1v) is 5.42. The van der Waals surface area contributed by atoms with E-state index in [9.17, 15) is 4.79 Å². The SMILES string of the molecule is NCCc1ccc(OC2CCOC2=O)cc1. The molecule has 0 amide bonds. The molecule has 4 nitrogen and oxygen atoms in total. The highest BCUT2D eigenvalue weighted by Crippen LogP contribution is 2.18. The summed E-state index contributed by atoms with van der Waals surface area (Å²) in [6, 6.07) is 7.64. The fourth-order valence-corrected chi connectivity index (χ4v) is 1.65. The third-order valence-electron chi connectivity index (χ3n) is 2.52. The van der Waals surface area contributed by atoms with E-state index >= 15 is 0 Å². The van der Waals surface area contributed by atoms with Crippen LogP contribution in [0.2, 0.25) is 0 Å². The molecule has 1 aromatic rings. The molecule has 86 valence electrons. The third kappa shape index (κ3) is 2.52. The molecule has 1 aliphatic heterocycles. The Morgan fingerprint density at radius 2 is 2.12 bits per heavy atom. The first kappa shape index (κ1) is 11.0. The number of hydrogen-bond donors (Lipinski definition) is 1. The molecule has 16 heavy (non-hydrogen) atoms. The first-order valence-electron chi connectivity index (χ1n) is 5.42. The van der Waals surface area contributed by atoms with Gasteiger partial charge in [-0.1, -0.05) is 12.1 Å². The molecule has 1 saturated heterocycles. The molecule has 2 rings (SSSR count). The molecular weight excluding hydrogens is 206 g/mol. The van der Waals surface area contributed by atoms with E-state index in [2.05, 4.69) is 0 Å². The number of cyclic esters (lactones) is 1. The Bertz CT molecular complexity index is 361. The average molecular weight is 221 g/mol. The molecule has 0 saturated carbocycles. The highest BCUT2D eigenvalue weighted by molar-refractivity contribution is 5.76. The van der Waals surface area contributed by atoms with Gasteiger partial charge < -0.3 is 15.2 Å². The van der Waals surface area contributed by atoms with Crippen LogP contribution >= 0.6 is 0 Å². The summed E-state index contributed by atoms with van der Waals surface area (Å²) in [5, 5.41) is 0. The maximum Gasteiger partial charge on any atom is 0.347 e. The van der Waals surface area contributed by atoms with Crippen LogP contribution in [0, 0.1) is 0 Å². The lowest BCUT2D eigenvalue weighted by atomic mass is 10.1. The minimum absolute atomic E-state index is 0.272. The second-order valence-electron chi connectivity index (χ2n) is 3.75. The smallest absolute Gasteiger partial charge is 0.347 e. The molecule has 0 radical (unpaired) electrons. The van der Waals surface area contributed by atoms with Crippen molar-refractivity contribution >= 4 is 5.97 Å². The zero-order valence-electron chi connectivity index (χ0n) is 9.02. The highest BCUT2D eigenvalue weighted by Gasteiger charge is 2.28. The van der Waals surface area contributed by atoms with Crippen LogP contribution in [0.3, 0.4) is 0 Å². The average Bonchev–Trinajstić information content (AvgIpc) is 2.68. The Balaban J connectivity index is 1.96. The van der Waals surface area contributed by atoms with Gasteiger partial charge in [0, 0.05) is 6.42 Å². The number of benzene rings is 1. The van der Waals surface area contributed by atoms with Gasteiger partial charge in [-0.25, -0.2) is 4.79 Å². The van der Waals surface area contributed by atoms with Gasteiger partial charge >= 0.3 is 5.97 Å². The van der Waals surface area contributed by atoms with E-state index in [0.717, 1.165) is 6.42 Å². The van der Waals surface area contributed by atoms with Crippen molar-refractivity contribution in [1.82, 2.24) is 0 Å². The maximum absolute atomic E-state index is 11.2. The topological polar surface area (TPSA) is 61.6 Å². The fraction of sp³-hybridized carbons (Fsp3) is 0.417. The molecule has 0 aliphatic carbocycles. The lowest BCUT2D eigenvalue weighted by Gasteiger charge is -2.10. The molecule has 2 N–H and O–H groups in total. The van der Waals surface area contributed by atoms with Gasteiger partial charge in [0.05, 0.1) is 6.61 Å². The van der Waals surface area contributed by atoms with E-state index in [-0.39, 0.29) is 5.97 Å². The summed E-state index contributed by atoms with van der Waals surface area (Å²) >= 11 is 0. The minimum atomic E-state index is -0.444. The highest BCUT2D eigenvalue weighted by atomic mass is 16.6. The number of carbonyl (C=O) groups is 1. The molecule has 1 atom stereocenters. The molecule has 1 unspecified atom stereocenters. The molecule has 0 bridgehead atoms. The number of hydrogen-bond acceptors (Lipinski definition) is 4. The van der Waals surface area contributed by atoms with Crippen molar-refractivity contribution < 1.29 is 14.3 Å². The summed E-state index contributed by atoms with van der Waals surface area (Å²) in [5.74, 6) is 0.427. The number of rotatable bonds is 4. The van der Waals surface area contributed by atoms with Crippen LogP contribution in [-0.4, -0.2) is 25.2 Å². The van der Waals surface area contributed by atoms with Gasteiger partial charge in [0.15, 0.2) is 6.10 Å². The van der Waals surface area contributed by atoms with E-state index in [1.54, 1.807) is 0 Å². The number of nitrogens with two attached hydrogens (primary N) is 1. The number of ether oxygens (including phenoxy) is 2. The van der Waals surface area contributed by atoms with E-state index in [4.69, 9.17) is 15.2 Å². The normalized spacial score (nSPS) is 19.6. The van der Waals surface area contributed by atoms with Gasteiger partial charge in [-0.05, 0) is 30.7 Å². The van der Waals surface area contributed by atoms with E-state index in [1.807, 2.05) is 24.3 Å². The molecule has 1 fully saturated rings. The maximum atomic E-state index is 11.2.